The third-order valence-electron chi connectivity index (χ3n) is 3.75. The van der Waals surface area contributed by atoms with Crippen LogP contribution in [0.3, 0.4) is 0 Å². The predicted octanol–water partition coefficient (Wildman–Crippen LogP) is 4.40. The average molecular weight is 285 g/mol. The molecule has 0 bridgehead atoms. The number of rotatable bonds is 7. The number of hydrogen-bond donors (Lipinski definition) is 1. The normalized spacial score (nSPS) is 11.1. The van der Waals surface area contributed by atoms with E-state index in [0.717, 1.165) is 31.1 Å². The van der Waals surface area contributed by atoms with Gasteiger partial charge < -0.3 is 5.43 Å². The van der Waals surface area contributed by atoms with Crippen LogP contribution >= 0.6 is 0 Å². The van der Waals surface area contributed by atoms with Crippen LogP contribution in [0.25, 0.3) is 11.4 Å². The van der Waals surface area contributed by atoms with Crippen molar-refractivity contribution in [2.24, 2.45) is 5.92 Å². The number of nitrogens with zero attached hydrogens (tertiary/aromatic N) is 2. The van der Waals surface area contributed by atoms with Crippen molar-refractivity contribution < 1.29 is 0 Å². The fourth-order valence-electron chi connectivity index (χ4n) is 2.55. The highest BCUT2D eigenvalue weighted by Crippen LogP contribution is 2.27. The van der Waals surface area contributed by atoms with Crippen molar-refractivity contribution in [1.82, 2.24) is 9.66 Å². The van der Waals surface area contributed by atoms with Gasteiger partial charge in [-0.3, -0.25) is 0 Å². The minimum Gasteiger partial charge on any atom is -0.324 e. The summed E-state index contributed by atoms with van der Waals surface area (Å²) in [5.41, 5.74) is 7.39. The molecule has 0 unspecified atom stereocenters. The highest BCUT2D eigenvalue weighted by molar-refractivity contribution is 5.65. The van der Waals surface area contributed by atoms with E-state index in [4.69, 9.17) is 0 Å². The topological polar surface area (TPSA) is 29.9 Å². The van der Waals surface area contributed by atoms with E-state index in [1.165, 1.54) is 23.1 Å². The largest absolute Gasteiger partial charge is 0.324 e. The highest BCUT2D eigenvalue weighted by atomic mass is 15.4. The van der Waals surface area contributed by atoms with E-state index < -0.39 is 0 Å². The van der Waals surface area contributed by atoms with Crippen LogP contribution in [-0.4, -0.2) is 16.2 Å². The zero-order valence-corrected chi connectivity index (χ0v) is 13.7. The third-order valence-corrected chi connectivity index (χ3v) is 3.75. The summed E-state index contributed by atoms with van der Waals surface area (Å²) in [5.74, 6) is 1.75. The summed E-state index contributed by atoms with van der Waals surface area (Å²) < 4.78 is 2.06. The van der Waals surface area contributed by atoms with Crippen molar-refractivity contribution in [3.05, 3.63) is 41.7 Å². The van der Waals surface area contributed by atoms with E-state index in [9.17, 15) is 0 Å². The average Bonchev–Trinajstić information content (AvgIpc) is 2.90. The van der Waals surface area contributed by atoms with Gasteiger partial charge in [-0.2, -0.15) is 0 Å². The Hall–Kier alpha value is -1.77. The molecule has 0 aliphatic rings. The van der Waals surface area contributed by atoms with E-state index in [-0.39, 0.29) is 0 Å². The van der Waals surface area contributed by atoms with Gasteiger partial charge in [0.1, 0.15) is 0 Å². The monoisotopic (exact) mass is 285 g/mol. The van der Waals surface area contributed by atoms with Gasteiger partial charge in [0.15, 0.2) is 5.82 Å². The van der Waals surface area contributed by atoms with Gasteiger partial charge in [-0.05, 0) is 43.2 Å². The maximum absolute atomic E-state index is 4.59. The second-order valence-electron chi connectivity index (χ2n) is 6.07. The maximum Gasteiger partial charge on any atom is 0.158 e. The molecule has 0 aliphatic carbocycles. The molecule has 0 saturated heterocycles. The van der Waals surface area contributed by atoms with Crippen molar-refractivity contribution >= 4 is 0 Å². The van der Waals surface area contributed by atoms with Crippen LogP contribution in [0.5, 0.6) is 0 Å². The van der Waals surface area contributed by atoms with Crippen molar-refractivity contribution in [2.45, 2.75) is 47.0 Å². The van der Waals surface area contributed by atoms with Crippen LogP contribution in [0.2, 0.25) is 0 Å². The number of benzene rings is 1. The standard InChI is InChI=1S/C18H27N3/c1-5-11-20-21-13-12-19-18(21)17-15(4)7-6-8-16(17)10-9-14(2)3/h6-8,12-14,20H,5,9-11H2,1-4H3. The molecule has 114 valence electrons. The number of hydrogen-bond acceptors (Lipinski definition) is 2. The molecule has 0 saturated carbocycles. The summed E-state index contributed by atoms with van der Waals surface area (Å²) >= 11 is 0. The van der Waals surface area contributed by atoms with Crippen molar-refractivity contribution in [1.29, 1.82) is 0 Å². The molecule has 0 radical (unpaired) electrons. The van der Waals surface area contributed by atoms with Gasteiger partial charge in [0.25, 0.3) is 0 Å². The first-order chi connectivity index (χ1) is 10.1. The quantitative estimate of drug-likeness (QED) is 0.817. The molecule has 0 amide bonds. The SMILES string of the molecule is CCCNn1ccnc1-c1c(C)cccc1CCC(C)C. The summed E-state index contributed by atoms with van der Waals surface area (Å²) in [6.45, 7) is 9.85. The zero-order chi connectivity index (χ0) is 15.2. The Kier molecular flexibility index (Phi) is 5.43. The molecular formula is C18H27N3. The summed E-state index contributed by atoms with van der Waals surface area (Å²) in [4.78, 5) is 4.59. The smallest absolute Gasteiger partial charge is 0.158 e. The second-order valence-corrected chi connectivity index (χ2v) is 6.07. The lowest BCUT2D eigenvalue weighted by Crippen LogP contribution is -2.16. The van der Waals surface area contributed by atoms with E-state index in [1.807, 2.05) is 12.4 Å². The number of aromatic nitrogens is 2. The van der Waals surface area contributed by atoms with Gasteiger partial charge in [-0.1, -0.05) is 39.0 Å². The first-order valence-corrected chi connectivity index (χ1v) is 7.99. The van der Waals surface area contributed by atoms with Crippen LogP contribution in [0.15, 0.2) is 30.6 Å². The molecule has 2 aromatic rings. The second kappa shape index (κ2) is 7.30. The predicted molar refractivity (Wildman–Crippen MR) is 90.1 cm³/mol. The molecule has 2 rings (SSSR count). The molecule has 1 aromatic heterocycles. The molecule has 3 heteroatoms. The van der Waals surface area contributed by atoms with Crippen LogP contribution in [0, 0.1) is 12.8 Å². The fraction of sp³-hybridized carbons (Fsp3) is 0.500. The van der Waals surface area contributed by atoms with E-state index in [2.05, 4.69) is 61.0 Å². The lowest BCUT2D eigenvalue weighted by Gasteiger charge is -2.16. The van der Waals surface area contributed by atoms with E-state index in [1.54, 1.807) is 0 Å². The number of imidazole rings is 1. The molecule has 1 heterocycles. The first-order valence-electron chi connectivity index (χ1n) is 7.99. The van der Waals surface area contributed by atoms with Crippen LogP contribution in [0.4, 0.5) is 0 Å². The molecule has 3 nitrogen and oxygen atoms in total. The Bertz CT molecular complexity index is 570. The molecule has 0 atom stereocenters. The third kappa shape index (κ3) is 3.87. The Labute approximate surface area is 128 Å². The zero-order valence-electron chi connectivity index (χ0n) is 13.7. The van der Waals surface area contributed by atoms with Gasteiger partial charge in [0.05, 0.1) is 0 Å². The van der Waals surface area contributed by atoms with Gasteiger partial charge in [0, 0.05) is 24.5 Å². The molecule has 0 aliphatic heterocycles. The van der Waals surface area contributed by atoms with E-state index >= 15 is 0 Å². The lowest BCUT2D eigenvalue weighted by atomic mass is 9.95. The van der Waals surface area contributed by atoms with Crippen molar-refractivity contribution in [3.63, 3.8) is 0 Å². The van der Waals surface area contributed by atoms with E-state index in [0.29, 0.717) is 0 Å². The summed E-state index contributed by atoms with van der Waals surface area (Å²) in [5, 5.41) is 0. The molecule has 0 spiro atoms. The molecular weight excluding hydrogens is 258 g/mol. The van der Waals surface area contributed by atoms with Crippen LogP contribution in [-0.2, 0) is 6.42 Å². The van der Waals surface area contributed by atoms with Gasteiger partial charge in [0.2, 0.25) is 0 Å². The number of aryl methyl sites for hydroxylation is 2. The Morgan fingerprint density at radius 1 is 1.29 bits per heavy atom. The van der Waals surface area contributed by atoms with Crippen molar-refractivity contribution in [2.75, 3.05) is 12.0 Å². The fourth-order valence-corrected chi connectivity index (χ4v) is 2.55. The van der Waals surface area contributed by atoms with Gasteiger partial charge >= 0.3 is 0 Å². The minimum atomic E-state index is 0.719. The van der Waals surface area contributed by atoms with Crippen molar-refractivity contribution in [3.8, 4) is 11.4 Å². The number of nitrogens with one attached hydrogen (secondary N) is 1. The maximum atomic E-state index is 4.59. The summed E-state index contributed by atoms with van der Waals surface area (Å²) in [7, 11) is 0. The molecule has 0 fully saturated rings. The molecule has 1 N–H and O–H groups in total. The van der Waals surface area contributed by atoms with Gasteiger partial charge in [-0.25, -0.2) is 9.66 Å². The Morgan fingerprint density at radius 2 is 2.10 bits per heavy atom. The van der Waals surface area contributed by atoms with Crippen LogP contribution in [0.1, 0.15) is 44.7 Å². The molecule has 21 heavy (non-hydrogen) atoms. The minimum absolute atomic E-state index is 0.719. The highest BCUT2D eigenvalue weighted by Gasteiger charge is 2.13. The Balaban J connectivity index is 2.36. The summed E-state index contributed by atoms with van der Waals surface area (Å²) in [6.07, 6.45) is 7.29. The Morgan fingerprint density at radius 3 is 2.81 bits per heavy atom. The van der Waals surface area contributed by atoms with Gasteiger partial charge in [-0.15, -0.1) is 0 Å². The summed E-state index contributed by atoms with van der Waals surface area (Å²) in [6, 6.07) is 6.57. The van der Waals surface area contributed by atoms with Crippen LogP contribution < -0.4 is 5.43 Å². The first kappa shape index (κ1) is 15.6. The lowest BCUT2D eigenvalue weighted by molar-refractivity contribution is 0.587. The molecule has 1 aromatic carbocycles.